The molecule has 4 heteroatoms. The lowest BCUT2D eigenvalue weighted by atomic mass is 10.4. The summed E-state index contributed by atoms with van der Waals surface area (Å²) in [6.45, 7) is 1.24. The molecule has 0 saturated heterocycles. The third-order valence-electron chi connectivity index (χ3n) is 0.623. The summed E-state index contributed by atoms with van der Waals surface area (Å²) in [5.41, 5.74) is 0. The van der Waals surface area contributed by atoms with Gasteiger partial charge in [0.1, 0.15) is 0 Å². The lowest BCUT2D eigenvalue weighted by Crippen LogP contribution is -1.92. The number of hydrogen-bond acceptors (Lipinski definition) is 3. The second kappa shape index (κ2) is 4.55. The highest BCUT2D eigenvalue weighted by Crippen LogP contribution is 1.84. The Hall–Kier alpha value is -1.32. The SMILES string of the molecule is CC(=O)O/C=C/CC(=O)O. The molecule has 0 aliphatic heterocycles. The van der Waals surface area contributed by atoms with Crippen molar-refractivity contribution < 1.29 is 19.4 Å². The number of carbonyl (C=O) groups is 2. The molecule has 0 aromatic rings. The van der Waals surface area contributed by atoms with Crippen LogP contribution in [0.3, 0.4) is 0 Å². The van der Waals surface area contributed by atoms with Gasteiger partial charge in [0.25, 0.3) is 0 Å². The second-order valence-electron chi connectivity index (χ2n) is 1.58. The average Bonchev–Trinajstić information content (AvgIpc) is 1.79. The summed E-state index contributed by atoms with van der Waals surface area (Å²) in [6, 6.07) is 0. The first-order valence-corrected chi connectivity index (χ1v) is 2.67. The normalized spacial score (nSPS) is 9.70. The average molecular weight is 144 g/mol. The molecule has 0 aliphatic rings. The first kappa shape index (κ1) is 8.68. The third kappa shape index (κ3) is 6.68. The van der Waals surface area contributed by atoms with Crippen LogP contribution in [0.1, 0.15) is 13.3 Å². The Morgan fingerprint density at radius 1 is 1.60 bits per heavy atom. The Labute approximate surface area is 58.1 Å². The predicted molar refractivity (Wildman–Crippen MR) is 33.2 cm³/mol. The van der Waals surface area contributed by atoms with Crippen molar-refractivity contribution in [2.45, 2.75) is 13.3 Å². The van der Waals surface area contributed by atoms with E-state index in [9.17, 15) is 9.59 Å². The molecule has 0 amide bonds. The fourth-order valence-electron chi connectivity index (χ4n) is 0.293. The molecule has 56 valence electrons. The van der Waals surface area contributed by atoms with E-state index in [0.29, 0.717) is 0 Å². The Morgan fingerprint density at radius 2 is 2.20 bits per heavy atom. The fraction of sp³-hybridized carbons (Fsp3) is 0.333. The van der Waals surface area contributed by atoms with Crippen molar-refractivity contribution in [2.75, 3.05) is 0 Å². The van der Waals surface area contributed by atoms with Gasteiger partial charge in [-0.2, -0.15) is 0 Å². The second-order valence-corrected chi connectivity index (χ2v) is 1.58. The van der Waals surface area contributed by atoms with E-state index in [2.05, 4.69) is 4.74 Å². The van der Waals surface area contributed by atoms with Gasteiger partial charge in [-0.1, -0.05) is 0 Å². The van der Waals surface area contributed by atoms with Gasteiger partial charge < -0.3 is 9.84 Å². The molecule has 10 heavy (non-hydrogen) atoms. The molecular weight excluding hydrogens is 136 g/mol. The predicted octanol–water partition coefficient (Wildman–Crippen LogP) is 0.538. The quantitative estimate of drug-likeness (QED) is 0.463. The number of ether oxygens (including phenoxy) is 1. The third-order valence-corrected chi connectivity index (χ3v) is 0.623. The van der Waals surface area contributed by atoms with Gasteiger partial charge in [0.05, 0.1) is 12.7 Å². The Morgan fingerprint density at radius 3 is 2.60 bits per heavy atom. The lowest BCUT2D eigenvalue weighted by molar-refractivity contribution is -0.137. The van der Waals surface area contributed by atoms with Gasteiger partial charge in [0, 0.05) is 6.92 Å². The number of rotatable bonds is 3. The first-order chi connectivity index (χ1) is 4.63. The van der Waals surface area contributed by atoms with E-state index in [1.165, 1.54) is 13.0 Å². The molecule has 4 nitrogen and oxygen atoms in total. The van der Waals surface area contributed by atoms with Crippen LogP contribution in [0.4, 0.5) is 0 Å². The minimum Gasteiger partial charge on any atom is -0.481 e. The van der Waals surface area contributed by atoms with Crippen LogP contribution >= 0.6 is 0 Å². The van der Waals surface area contributed by atoms with Crippen molar-refractivity contribution in [1.82, 2.24) is 0 Å². The topological polar surface area (TPSA) is 63.6 Å². The maximum atomic E-state index is 10.1. The summed E-state index contributed by atoms with van der Waals surface area (Å²) in [7, 11) is 0. The molecule has 0 aromatic carbocycles. The summed E-state index contributed by atoms with van der Waals surface area (Å²) in [5, 5.41) is 8.09. The Kier molecular flexibility index (Phi) is 3.95. The van der Waals surface area contributed by atoms with Gasteiger partial charge in [-0.3, -0.25) is 9.59 Å². The first-order valence-electron chi connectivity index (χ1n) is 2.67. The van der Waals surface area contributed by atoms with Crippen LogP contribution in [-0.2, 0) is 14.3 Å². The van der Waals surface area contributed by atoms with E-state index < -0.39 is 11.9 Å². The zero-order chi connectivity index (χ0) is 7.98. The minimum absolute atomic E-state index is 0.132. The van der Waals surface area contributed by atoms with E-state index in [-0.39, 0.29) is 6.42 Å². The van der Waals surface area contributed by atoms with Crippen molar-refractivity contribution >= 4 is 11.9 Å². The number of carbonyl (C=O) groups excluding carboxylic acids is 1. The largest absolute Gasteiger partial charge is 0.481 e. The van der Waals surface area contributed by atoms with Crippen LogP contribution in [0.5, 0.6) is 0 Å². The zero-order valence-electron chi connectivity index (χ0n) is 5.53. The van der Waals surface area contributed by atoms with Crippen LogP contribution in [-0.4, -0.2) is 17.0 Å². The van der Waals surface area contributed by atoms with Gasteiger partial charge in [0.15, 0.2) is 0 Å². The molecule has 1 N–H and O–H groups in total. The van der Waals surface area contributed by atoms with E-state index in [4.69, 9.17) is 5.11 Å². The summed E-state index contributed by atoms with van der Waals surface area (Å²) in [6.07, 6.45) is 2.19. The van der Waals surface area contributed by atoms with E-state index >= 15 is 0 Å². The van der Waals surface area contributed by atoms with Crippen LogP contribution in [0.2, 0.25) is 0 Å². The Balaban J connectivity index is 3.38. The van der Waals surface area contributed by atoms with Crippen LogP contribution < -0.4 is 0 Å². The van der Waals surface area contributed by atoms with Gasteiger partial charge in [0.2, 0.25) is 0 Å². The smallest absolute Gasteiger partial charge is 0.307 e. The molecule has 0 aliphatic carbocycles. The molecule has 0 spiro atoms. The molecule has 0 bridgehead atoms. The summed E-state index contributed by atoms with van der Waals surface area (Å²) >= 11 is 0. The molecule has 0 unspecified atom stereocenters. The van der Waals surface area contributed by atoms with Crippen LogP contribution in [0.25, 0.3) is 0 Å². The number of carboxylic acids is 1. The van der Waals surface area contributed by atoms with Gasteiger partial charge in [-0.25, -0.2) is 0 Å². The molecule has 0 radical (unpaired) electrons. The molecule has 0 aromatic heterocycles. The van der Waals surface area contributed by atoms with E-state index in [1.807, 2.05) is 0 Å². The van der Waals surface area contributed by atoms with Gasteiger partial charge in [-0.15, -0.1) is 0 Å². The molecule has 0 rings (SSSR count). The molecule has 0 heterocycles. The molecule has 0 fully saturated rings. The lowest BCUT2D eigenvalue weighted by Gasteiger charge is -1.88. The highest BCUT2D eigenvalue weighted by atomic mass is 16.5. The van der Waals surface area contributed by atoms with Crippen molar-refractivity contribution in [3.8, 4) is 0 Å². The molecule has 0 atom stereocenters. The number of hydrogen-bond donors (Lipinski definition) is 1. The monoisotopic (exact) mass is 144 g/mol. The van der Waals surface area contributed by atoms with Crippen molar-refractivity contribution in [2.24, 2.45) is 0 Å². The maximum absolute atomic E-state index is 10.1. The Bertz CT molecular complexity index is 141. The zero-order valence-corrected chi connectivity index (χ0v) is 5.53. The van der Waals surface area contributed by atoms with Crippen LogP contribution in [0.15, 0.2) is 12.3 Å². The summed E-state index contributed by atoms with van der Waals surface area (Å²) in [4.78, 5) is 19.9. The number of aliphatic carboxylic acids is 1. The van der Waals surface area contributed by atoms with Crippen molar-refractivity contribution in [1.29, 1.82) is 0 Å². The highest BCUT2D eigenvalue weighted by Gasteiger charge is 1.89. The van der Waals surface area contributed by atoms with Gasteiger partial charge in [-0.05, 0) is 6.08 Å². The summed E-state index contributed by atoms with van der Waals surface area (Å²) < 4.78 is 4.31. The van der Waals surface area contributed by atoms with E-state index in [1.54, 1.807) is 0 Å². The maximum Gasteiger partial charge on any atom is 0.307 e. The number of carboxylic acid groups (broad SMARTS) is 1. The minimum atomic E-state index is -0.955. The molecular formula is C6H8O4. The highest BCUT2D eigenvalue weighted by molar-refractivity contribution is 5.69. The van der Waals surface area contributed by atoms with Crippen molar-refractivity contribution in [3.05, 3.63) is 12.3 Å². The van der Waals surface area contributed by atoms with Crippen molar-refractivity contribution in [3.63, 3.8) is 0 Å². The van der Waals surface area contributed by atoms with Crippen LogP contribution in [0, 0.1) is 0 Å². The fourth-order valence-corrected chi connectivity index (χ4v) is 0.293. The van der Waals surface area contributed by atoms with Gasteiger partial charge >= 0.3 is 11.9 Å². The van der Waals surface area contributed by atoms with E-state index in [0.717, 1.165) is 6.26 Å². The molecule has 0 saturated carbocycles. The number of esters is 1. The summed E-state index contributed by atoms with van der Waals surface area (Å²) in [5.74, 6) is -1.41. The standard InChI is InChI=1S/C6H8O4/c1-5(7)10-4-2-3-6(8)9/h2,4H,3H2,1H3,(H,8,9)/b4-2+.